The Morgan fingerprint density at radius 3 is 3.00 bits per heavy atom. The summed E-state index contributed by atoms with van der Waals surface area (Å²) in [6.45, 7) is 5.11. The average molecular weight is 444 g/mol. The van der Waals surface area contributed by atoms with Crippen molar-refractivity contribution < 1.29 is 4.74 Å². The molecule has 0 radical (unpaired) electrons. The van der Waals surface area contributed by atoms with Crippen molar-refractivity contribution in [3.8, 4) is 5.75 Å². The van der Waals surface area contributed by atoms with Gasteiger partial charge in [-0.3, -0.25) is 4.99 Å². The molecule has 2 heterocycles. The third-order valence-corrected chi connectivity index (χ3v) is 4.73. The van der Waals surface area contributed by atoms with Crippen LogP contribution in [-0.2, 0) is 12.8 Å². The minimum atomic E-state index is 0. The number of ether oxygens (including phenoxy) is 1. The van der Waals surface area contributed by atoms with Gasteiger partial charge < -0.3 is 20.3 Å². The second kappa shape index (κ2) is 9.46. The smallest absolute Gasteiger partial charge is 0.190 e. The molecule has 24 heavy (non-hydrogen) atoms. The number of likely N-dealkylation sites (tertiary alicyclic amines) is 1. The fourth-order valence-corrected chi connectivity index (χ4v) is 3.38. The molecule has 2 aliphatic rings. The van der Waals surface area contributed by atoms with E-state index in [4.69, 9.17) is 4.74 Å². The van der Waals surface area contributed by atoms with E-state index in [9.17, 15) is 0 Å². The lowest BCUT2D eigenvalue weighted by molar-refractivity contribution is 0.357. The number of nitrogens with one attached hydrogen (secondary N) is 2. The van der Waals surface area contributed by atoms with Gasteiger partial charge in [-0.15, -0.1) is 24.0 Å². The molecule has 0 spiro atoms. The van der Waals surface area contributed by atoms with Crippen LogP contribution in [0.4, 0.5) is 0 Å². The number of hydrogen-bond acceptors (Lipinski definition) is 3. The van der Waals surface area contributed by atoms with Gasteiger partial charge in [0.1, 0.15) is 5.75 Å². The molecule has 5 nitrogen and oxygen atoms in total. The molecule has 0 aliphatic carbocycles. The predicted octanol–water partition coefficient (Wildman–Crippen LogP) is 1.90. The molecule has 134 valence electrons. The van der Waals surface area contributed by atoms with Crippen molar-refractivity contribution in [3.05, 3.63) is 29.3 Å². The van der Waals surface area contributed by atoms with Crippen molar-refractivity contribution in [1.29, 1.82) is 0 Å². The van der Waals surface area contributed by atoms with Gasteiger partial charge >= 0.3 is 0 Å². The SMILES string of the molecule is CN=C(NCCc1ccc2c(c1)CCO2)NCC1CCN(C)C1.I. The lowest BCUT2D eigenvalue weighted by Gasteiger charge is -2.15. The summed E-state index contributed by atoms with van der Waals surface area (Å²) < 4.78 is 5.55. The first-order valence-corrected chi connectivity index (χ1v) is 8.62. The molecule has 1 atom stereocenters. The molecule has 0 saturated carbocycles. The Balaban J connectivity index is 0.00000208. The zero-order valence-corrected chi connectivity index (χ0v) is 17.0. The summed E-state index contributed by atoms with van der Waals surface area (Å²) in [7, 11) is 4.03. The van der Waals surface area contributed by atoms with Crippen LogP contribution >= 0.6 is 24.0 Å². The second-order valence-corrected chi connectivity index (χ2v) is 6.59. The number of fused-ring (bicyclic) bond motifs is 1. The van der Waals surface area contributed by atoms with Gasteiger partial charge in [0, 0.05) is 33.1 Å². The fourth-order valence-electron chi connectivity index (χ4n) is 3.38. The van der Waals surface area contributed by atoms with Crippen LogP contribution in [0.15, 0.2) is 23.2 Å². The molecule has 2 N–H and O–H groups in total. The fraction of sp³-hybridized carbons (Fsp3) is 0.611. The van der Waals surface area contributed by atoms with Gasteiger partial charge in [0.2, 0.25) is 0 Å². The van der Waals surface area contributed by atoms with E-state index in [1.165, 1.54) is 30.6 Å². The van der Waals surface area contributed by atoms with Crippen molar-refractivity contribution in [3.63, 3.8) is 0 Å². The molecule has 3 rings (SSSR count). The number of halogens is 1. The highest BCUT2D eigenvalue weighted by Crippen LogP contribution is 2.25. The maximum atomic E-state index is 5.55. The van der Waals surface area contributed by atoms with Crippen LogP contribution in [0.5, 0.6) is 5.75 Å². The maximum Gasteiger partial charge on any atom is 0.190 e. The first-order chi connectivity index (χ1) is 11.2. The molecule has 0 aromatic heterocycles. The number of benzene rings is 1. The molecule has 6 heteroatoms. The van der Waals surface area contributed by atoms with Crippen molar-refractivity contribution in [2.75, 3.05) is 46.9 Å². The van der Waals surface area contributed by atoms with Crippen molar-refractivity contribution >= 4 is 29.9 Å². The van der Waals surface area contributed by atoms with Gasteiger partial charge in [0.05, 0.1) is 6.61 Å². The lowest BCUT2D eigenvalue weighted by Crippen LogP contribution is -2.41. The van der Waals surface area contributed by atoms with Crippen molar-refractivity contribution in [2.45, 2.75) is 19.3 Å². The van der Waals surface area contributed by atoms with E-state index >= 15 is 0 Å². The van der Waals surface area contributed by atoms with E-state index in [2.05, 4.69) is 45.8 Å². The second-order valence-electron chi connectivity index (χ2n) is 6.59. The number of hydrogen-bond donors (Lipinski definition) is 2. The summed E-state index contributed by atoms with van der Waals surface area (Å²) in [5.41, 5.74) is 2.70. The third-order valence-electron chi connectivity index (χ3n) is 4.73. The number of nitrogens with zero attached hydrogens (tertiary/aromatic N) is 2. The Morgan fingerprint density at radius 2 is 2.25 bits per heavy atom. The van der Waals surface area contributed by atoms with E-state index in [-0.39, 0.29) is 24.0 Å². The van der Waals surface area contributed by atoms with E-state index in [0.717, 1.165) is 50.2 Å². The Labute approximate surface area is 162 Å². The summed E-state index contributed by atoms with van der Waals surface area (Å²) in [6, 6.07) is 6.53. The minimum Gasteiger partial charge on any atom is -0.493 e. The lowest BCUT2D eigenvalue weighted by atomic mass is 10.1. The number of aliphatic imine (C=N–C) groups is 1. The summed E-state index contributed by atoms with van der Waals surface area (Å²) in [5.74, 6) is 2.69. The molecular weight excluding hydrogens is 415 g/mol. The van der Waals surface area contributed by atoms with Crippen LogP contribution in [0, 0.1) is 5.92 Å². The van der Waals surface area contributed by atoms with Gasteiger partial charge in [0.25, 0.3) is 0 Å². The first-order valence-electron chi connectivity index (χ1n) is 8.62. The minimum absolute atomic E-state index is 0. The highest BCUT2D eigenvalue weighted by atomic mass is 127. The monoisotopic (exact) mass is 444 g/mol. The van der Waals surface area contributed by atoms with Crippen LogP contribution in [0.2, 0.25) is 0 Å². The van der Waals surface area contributed by atoms with Crippen LogP contribution in [0.25, 0.3) is 0 Å². The highest BCUT2D eigenvalue weighted by molar-refractivity contribution is 14.0. The van der Waals surface area contributed by atoms with Gasteiger partial charge in [-0.1, -0.05) is 12.1 Å². The van der Waals surface area contributed by atoms with Crippen LogP contribution in [0.1, 0.15) is 17.5 Å². The normalized spacial score (nSPS) is 20.2. The molecule has 2 aliphatic heterocycles. The summed E-state index contributed by atoms with van der Waals surface area (Å²) >= 11 is 0. The van der Waals surface area contributed by atoms with Gasteiger partial charge in [-0.25, -0.2) is 0 Å². The molecule has 1 fully saturated rings. The summed E-state index contributed by atoms with van der Waals surface area (Å²) in [5, 5.41) is 6.87. The van der Waals surface area contributed by atoms with E-state index in [1.54, 1.807) is 0 Å². The van der Waals surface area contributed by atoms with Gasteiger partial charge in [-0.2, -0.15) is 0 Å². The molecular formula is C18H29IN4O. The zero-order valence-electron chi connectivity index (χ0n) is 14.7. The first kappa shape index (κ1) is 19.3. The topological polar surface area (TPSA) is 48.9 Å². The molecule has 0 bridgehead atoms. The Kier molecular flexibility index (Phi) is 7.61. The molecule has 0 amide bonds. The van der Waals surface area contributed by atoms with Crippen molar-refractivity contribution in [2.24, 2.45) is 10.9 Å². The van der Waals surface area contributed by atoms with E-state index in [0.29, 0.717) is 0 Å². The Bertz CT molecular complexity index is 564. The van der Waals surface area contributed by atoms with Crippen LogP contribution in [-0.4, -0.2) is 57.7 Å². The number of guanidine groups is 1. The van der Waals surface area contributed by atoms with Crippen LogP contribution in [0.3, 0.4) is 0 Å². The molecule has 1 saturated heterocycles. The van der Waals surface area contributed by atoms with E-state index in [1.807, 2.05) is 7.05 Å². The maximum absolute atomic E-state index is 5.55. The van der Waals surface area contributed by atoms with Gasteiger partial charge in [-0.05, 0) is 49.5 Å². The van der Waals surface area contributed by atoms with Crippen LogP contribution < -0.4 is 15.4 Å². The Morgan fingerprint density at radius 1 is 1.38 bits per heavy atom. The standard InChI is InChI=1S/C18H28N4O.HI/c1-19-18(21-12-15-6-9-22(2)13-15)20-8-5-14-3-4-17-16(11-14)7-10-23-17;/h3-4,11,15H,5-10,12-13H2,1-2H3,(H2,19,20,21);1H. The molecule has 1 unspecified atom stereocenters. The average Bonchev–Trinajstić information content (AvgIpc) is 3.18. The van der Waals surface area contributed by atoms with Crippen molar-refractivity contribution in [1.82, 2.24) is 15.5 Å². The zero-order chi connectivity index (χ0) is 16.1. The molecule has 1 aromatic carbocycles. The summed E-state index contributed by atoms with van der Waals surface area (Å²) in [4.78, 5) is 6.71. The Hall–Kier alpha value is -1.02. The quantitative estimate of drug-likeness (QED) is 0.414. The third kappa shape index (κ3) is 5.24. The van der Waals surface area contributed by atoms with Gasteiger partial charge in [0.15, 0.2) is 5.96 Å². The predicted molar refractivity (Wildman–Crippen MR) is 110 cm³/mol. The molecule has 1 aromatic rings. The highest BCUT2D eigenvalue weighted by Gasteiger charge is 2.19. The number of rotatable bonds is 5. The van der Waals surface area contributed by atoms with E-state index < -0.39 is 0 Å². The largest absolute Gasteiger partial charge is 0.493 e. The summed E-state index contributed by atoms with van der Waals surface area (Å²) in [6.07, 6.45) is 3.31.